The zero-order valence-corrected chi connectivity index (χ0v) is 10.9. The molecule has 1 aliphatic carbocycles. The molecule has 0 radical (unpaired) electrons. The molecule has 1 saturated heterocycles. The normalized spacial score (nSPS) is 25.6. The molecule has 1 atom stereocenters. The van der Waals surface area contributed by atoms with Gasteiger partial charge in [0.05, 0.1) is 0 Å². The summed E-state index contributed by atoms with van der Waals surface area (Å²) in [6.45, 7) is 1.10. The van der Waals surface area contributed by atoms with Gasteiger partial charge in [-0.15, -0.1) is 0 Å². The monoisotopic (exact) mass is 255 g/mol. The lowest BCUT2D eigenvalue weighted by Gasteiger charge is -2.22. The van der Waals surface area contributed by atoms with Gasteiger partial charge in [0.15, 0.2) is 0 Å². The lowest BCUT2D eigenvalue weighted by molar-refractivity contribution is 0.697. The first kappa shape index (κ1) is 10.8. The van der Waals surface area contributed by atoms with Gasteiger partial charge in [0.2, 0.25) is 5.95 Å². The number of aromatic nitrogens is 2. The van der Waals surface area contributed by atoms with E-state index in [4.69, 9.17) is 0 Å². The molecule has 2 fully saturated rings. The minimum Gasteiger partial charge on any atom is -0.353 e. The van der Waals surface area contributed by atoms with Crippen LogP contribution < -0.4 is 5.32 Å². The summed E-state index contributed by atoms with van der Waals surface area (Å²) in [7, 11) is 0. The Morgan fingerprint density at radius 2 is 2.38 bits per heavy atom. The van der Waals surface area contributed by atoms with Gasteiger partial charge in [0, 0.05) is 47.5 Å². The first-order valence-corrected chi connectivity index (χ1v) is 8.09. The number of thioether (sulfide) groups is 2. The number of imidazole rings is 1. The van der Waals surface area contributed by atoms with Crippen LogP contribution in [0.1, 0.15) is 12.8 Å². The van der Waals surface area contributed by atoms with Gasteiger partial charge >= 0.3 is 0 Å². The Balaban J connectivity index is 1.61. The third-order valence-electron chi connectivity index (χ3n) is 2.91. The molecule has 88 valence electrons. The predicted molar refractivity (Wildman–Crippen MR) is 72.4 cm³/mol. The summed E-state index contributed by atoms with van der Waals surface area (Å²) in [6, 6.07) is 0.689. The van der Waals surface area contributed by atoms with Crippen LogP contribution in [0.3, 0.4) is 0 Å². The van der Waals surface area contributed by atoms with Crippen LogP contribution in [0.2, 0.25) is 0 Å². The molecule has 2 aliphatic rings. The second kappa shape index (κ2) is 4.92. The highest BCUT2D eigenvalue weighted by molar-refractivity contribution is 8.06. The number of nitrogens with one attached hydrogen (secondary N) is 1. The summed E-state index contributed by atoms with van der Waals surface area (Å²) in [5.74, 6) is 4.97. The fourth-order valence-corrected chi connectivity index (χ4v) is 4.53. The number of hydrogen-bond donors (Lipinski definition) is 1. The van der Waals surface area contributed by atoms with E-state index in [0.717, 1.165) is 17.7 Å². The van der Waals surface area contributed by atoms with Crippen molar-refractivity contribution in [3.05, 3.63) is 12.4 Å². The summed E-state index contributed by atoms with van der Waals surface area (Å²) in [5.41, 5.74) is 0. The molecule has 1 unspecified atom stereocenters. The van der Waals surface area contributed by atoms with Gasteiger partial charge in [-0.25, -0.2) is 4.98 Å². The van der Waals surface area contributed by atoms with E-state index >= 15 is 0 Å². The van der Waals surface area contributed by atoms with E-state index in [0.29, 0.717) is 6.04 Å². The van der Waals surface area contributed by atoms with Crippen molar-refractivity contribution in [1.29, 1.82) is 0 Å². The van der Waals surface area contributed by atoms with Crippen LogP contribution in [-0.4, -0.2) is 38.1 Å². The highest BCUT2D eigenvalue weighted by atomic mass is 32.2. The predicted octanol–water partition coefficient (Wildman–Crippen LogP) is 2.31. The molecule has 0 spiro atoms. The first-order valence-electron chi connectivity index (χ1n) is 5.89. The average Bonchev–Trinajstić information content (AvgIpc) is 3.02. The minimum atomic E-state index is 0.689. The van der Waals surface area contributed by atoms with E-state index in [1.165, 1.54) is 30.1 Å². The molecule has 16 heavy (non-hydrogen) atoms. The second-order valence-electron chi connectivity index (χ2n) is 4.39. The fraction of sp³-hybridized carbons (Fsp3) is 0.727. The van der Waals surface area contributed by atoms with Gasteiger partial charge in [0.25, 0.3) is 0 Å². The topological polar surface area (TPSA) is 29.9 Å². The largest absolute Gasteiger partial charge is 0.353 e. The van der Waals surface area contributed by atoms with Crippen LogP contribution in [0, 0.1) is 0 Å². The van der Waals surface area contributed by atoms with Crippen LogP contribution in [0.15, 0.2) is 12.4 Å². The Hall–Kier alpha value is -0.290. The van der Waals surface area contributed by atoms with Crippen LogP contribution in [-0.2, 0) is 6.54 Å². The van der Waals surface area contributed by atoms with Gasteiger partial charge in [0.1, 0.15) is 0 Å². The van der Waals surface area contributed by atoms with E-state index < -0.39 is 0 Å². The Labute approximate surface area is 105 Å². The van der Waals surface area contributed by atoms with Crippen LogP contribution in [0.4, 0.5) is 5.95 Å². The highest BCUT2D eigenvalue weighted by Crippen LogP contribution is 2.27. The molecular formula is C11H17N3S2. The molecule has 2 heterocycles. The molecule has 5 heteroatoms. The highest BCUT2D eigenvalue weighted by Gasteiger charge is 2.23. The zero-order valence-electron chi connectivity index (χ0n) is 9.26. The third-order valence-corrected chi connectivity index (χ3v) is 5.74. The van der Waals surface area contributed by atoms with E-state index in [-0.39, 0.29) is 0 Å². The molecule has 3 rings (SSSR count). The average molecular weight is 255 g/mol. The van der Waals surface area contributed by atoms with Gasteiger partial charge in [-0.3, -0.25) is 0 Å². The number of rotatable bonds is 4. The maximum atomic E-state index is 4.40. The lowest BCUT2D eigenvalue weighted by atomic mass is 10.4. The summed E-state index contributed by atoms with van der Waals surface area (Å²) in [5, 5.41) is 4.25. The Morgan fingerprint density at radius 3 is 3.12 bits per heavy atom. The Bertz CT molecular complexity index is 343. The number of nitrogens with zero attached hydrogens (tertiary/aromatic N) is 2. The minimum absolute atomic E-state index is 0.689. The molecule has 1 aromatic heterocycles. The van der Waals surface area contributed by atoms with Crippen molar-refractivity contribution in [2.75, 3.05) is 22.6 Å². The van der Waals surface area contributed by atoms with E-state index in [2.05, 4.69) is 44.6 Å². The molecule has 1 aliphatic heterocycles. The summed E-state index contributed by atoms with van der Waals surface area (Å²) in [6.07, 6.45) is 6.62. The van der Waals surface area contributed by atoms with Gasteiger partial charge < -0.3 is 9.88 Å². The van der Waals surface area contributed by atoms with Gasteiger partial charge in [-0.2, -0.15) is 23.5 Å². The molecule has 0 amide bonds. The van der Waals surface area contributed by atoms with E-state index in [1.54, 1.807) is 0 Å². The van der Waals surface area contributed by atoms with Crippen molar-refractivity contribution < 1.29 is 0 Å². The van der Waals surface area contributed by atoms with Crippen molar-refractivity contribution in [1.82, 2.24) is 9.55 Å². The fourth-order valence-electron chi connectivity index (χ4n) is 1.87. The maximum Gasteiger partial charge on any atom is 0.203 e. The quantitative estimate of drug-likeness (QED) is 0.894. The van der Waals surface area contributed by atoms with E-state index in [9.17, 15) is 0 Å². The second-order valence-corrected chi connectivity index (χ2v) is 6.95. The summed E-state index contributed by atoms with van der Waals surface area (Å²) in [4.78, 5) is 4.40. The van der Waals surface area contributed by atoms with Gasteiger partial charge in [-0.1, -0.05) is 0 Å². The standard InChI is InChI=1S/C11H17N3S2/c1-2-9(1)13-11-12-3-4-14(11)7-10-8-15-5-6-16-10/h3-4,9-10H,1-2,5-8H2,(H,12,13). The van der Waals surface area contributed by atoms with Crippen molar-refractivity contribution in [2.45, 2.75) is 30.7 Å². The van der Waals surface area contributed by atoms with Crippen LogP contribution >= 0.6 is 23.5 Å². The van der Waals surface area contributed by atoms with Gasteiger partial charge in [-0.05, 0) is 12.8 Å². The molecule has 1 saturated carbocycles. The molecule has 1 aromatic rings. The smallest absolute Gasteiger partial charge is 0.203 e. The Kier molecular flexibility index (Phi) is 3.33. The molecule has 0 bridgehead atoms. The van der Waals surface area contributed by atoms with Crippen LogP contribution in [0.25, 0.3) is 0 Å². The van der Waals surface area contributed by atoms with Crippen molar-refractivity contribution >= 4 is 29.5 Å². The number of anilines is 1. The lowest BCUT2D eigenvalue weighted by Crippen LogP contribution is -2.21. The molecular weight excluding hydrogens is 238 g/mol. The maximum absolute atomic E-state index is 4.40. The van der Waals surface area contributed by atoms with E-state index in [1.807, 2.05) is 6.20 Å². The third kappa shape index (κ3) is 2.69. The van der Waals surface area contributed by atoms with Crippen molar-refractivity contribution in [3.8, 4) is 0 Å². The van der Waals surface area contributed by atoms with Crippen molar-refractivity contribution in [2.24, 2.45) is 0 Å². The molecule has 3 nitrogen and oxygen atoms in total. The molecule has 0 aromatic carbocycles. The zero-order chi connectivity index (χ0) is 10.8. The number of hydrogen-bond acceptors (Lipinski definition) is 4. The summed E-state index contributed by atoms with van der Waals surface area (Å²) >= 11 is 4.19. The van der Waals surface area contributed by atoms with Crippen molar-refractivity contribution in [3.63, 3.8) is 0 Å². The summed E-state index contributed by atoms with van der Waals surface area (Å²) < 4.78 is 2.28. The first-order chi connectivity index (χ1) is 7.92. The Morgan fingerprint density at radius 1 is 1.44 bits per heavy atom. The van der Waals surface area contributed by atoms with Crippen LogP contribution in [0.5, 0.6) is 0 Å². The molecule has 1 N–H and O–H groups in total. The SMILES string of the molecule is c1cn(CC2CSCCS2)c(NC2CC2)n1.